The van der Waals surface area contributed by atoms with Crippen molar-refractivity contribution in [3.8, 4) is 0 Å². The number of benzene rings is 1. The van der Waals surface area contributed by atoms with E-state index in [9.17, 15) is 4.79 Å². The SMILES string of the molecule is CC(C)NC(C)(CCCN1Cc2ccccc2C1)C(N)=O. The predicted octanol–water partition coefficient (Wildman–Crippen LogP) is 2.02. The summed E-state index contributed by atoms with van der Waals surface area (Å²) >= 11 is 0. The lowest BCUT2D eigenvalue weighted by molar-refractivity contribution is -0.124. The van der Waals surface area contributed by atoms with Gasteiger partial charge in [0.2, 0.25) is 5.91 Å². The molecule has 1 aliphatic rings. The number of rotatable bonds is 7. The molecule has 1 heterocycles. The Morgan fingerprint density at radius 3 is 2.38 bits per heavy atom. The molecule has 0 saturated heterocycles. The quantitative estimate of drug-likeness (QED) is 0.807. The molecule has 0 bridgehead atoms. The first-order chi connectivity index (χ1) is 9.90. The van der Waals surface area contributed by atoms with Crippen LogP contribution in [0.1, 0.15) is 44.7 Å². The van der Waals surface area contributed by atoms with Gasteiger partial charge in [0.05, 0.1) is 5.54 Å². The molecule has 1 aliphatic heterocycles. The third-order valence-electron chi connectivity index (χ3n) is 4.21. The molecule has 2 rings (SSSR count). The van der Waals surface area contributed by atoms with E-state index < -0.39 is 5.54 Å². The minimum absolute atomic E-state index is 0.249. The first-order valence-corrected chi connectivity index (χ1v) is 7.77. The van der Waals surface area contributed by atoms with Gasteiger partial charge in [0.1, 0.15) is 0 Å². The smallest absolute Gasteiger partial charge is 0.237 e. The third-order valence-corrected chi connectivity index (χ3v) is 4.21. The van der Waals surface area contributed by atoms with Crippen molar-refractivity contribution in [2.75, 3.05) is 6.54 Å². The largest absolute Gasteiger partial charge is 0.368 e. The molecule has 21 heavy (non-hydrogen) atoms. The summed E-state index contributed by atoms with van der Waals surface area (Å²) in [5.41, 5.74) is 7.81. The van der Waals surface area contributed by atoms with Crippen LogP contribution in [0.4, 0.5) is 0 Å². The highest BCUT2D eigenvalue weighted by molar-refractivity contribution is 5.84. The monoisotopic (exact) mass is 289 g/mol. The summed E-state index contributed by atoms with van der Waals surface area (Å²) in [5, 5.41) is 3.31. The molecule has 116 valence electrons. The van der Waals surface area contributed by atoms with Gasteiger partial charge in [0, 0.05) is 19.1 Å². The Bertz CT molecular complexity index is 476. The van der Waals surface area contributed by atoms with Crippen molar-refractivity contribution in [2.24, 2.45) is 5.73 Å². The first kappa shape index (κ1) is 16.0. The van der Waals surface area contributed by atoms with Crippen LogP contribution in [0.2, 0.25) is 0 Å². The number of primary amides is 1. The number of nitrogens with one attached hydrogen (secondary N) is 1. The van der Waals surface area contributed by atoms with Crippen molar-refractivity contribution in [3.63, 3.8) is 0 Å². The first-order valence-electron chi connectivity index (χ1n) is 7.77. The Morgan fingerprint density at radius 2 is 1.90 bits per heavy atom. The molecular formula is C17H27N3O. The van der Waals surface area contributed by atoms with E-state index in [2.05, 4.69) is 34.5 Å². The number of fused-ring (bicyclic) bond motifs is 1. The maximum Gasteiger partial charge on any atom is 0.237 e. The Morgan fingerprint density at radius 1 is 1.33 bits per heavy atom. The van der Waals surface area contributed by atoms with Gasteiger partial charge in [-0.15, -0.1) is 0 Å². The van der Waals surface area contributed by atoms with Crippen LogP contribution in [-0.2, 0) is 17.9 Å². The van der Waals surface area contributed by atoms with Gasteiger partial charge in [-0.05, 0) is 51.3 Å². The molecule has 4 nitrogen and oxygen atoms in total. The predicted molar refractivity (Wildman–Crippen MR) is 85.7 cm³/mol. The molecular weight excluding hydrogens is 262 g/mol. The summed E-state index contributed by atoms with van der Waals surface area (Å²) < 4.78 is 0. The highest BCUT2D eigenvalue weighted by atomic mass is 16.1. The van der Waals surface area contributed by atoms with Crippen LogP contribution in [0.25, 0.3) is 0 Å². The molecule has 1 atom stereocenters. The van der Waals surface area contributed by atoms with Crippen LogP contribution in [0, 0.1) is 0 Å². The highest BCUT2D eigenvalue weighted by Crippen LogP contribution is 2.23. The molecule has 0 fully saturated rings. The van der Waals surface area contributed by atoms with E-state index in [4.69, 9.17) is 5.73 Å². The Balaban J connectivity index is 1.83. The molecule has 3 N–H and O–H groups in total. The average molecular weight is 289 g/mol. The van der Waals surface area contributed by atoms with Gasteiger partial charge in [0.25, 0.3) is 0 Å². The normalized spacial score (nSPS) is 17.7. The molecule has 1 amide bonds. The van der Waals surface area contributed by atoms with E-state index in [1.807, 2.05) is 20.8 Å². The van der Waals surface area contributed by atoms with E-state index in [0.29, 0.717) is 0 Å². The Kier molecular flexibility index (Phi) is 5.01. The number of amides is 1. The van der Waals surface area contributed by atoms with Crippen molar-refractivity contribution in [1.82, 2.24) is 10.2 Å². The molecule has 4 heteroatoms. The van der Waals surface area contributed by atoms with Gasteiger partial charge in [-0.2, -0.15) is 0 Å². The number of hydrogen-bond acceptors (Lipinski definition) is 3. The van der Waals surface area contributed by atoms with Crippen LogP contribution >= 0.6 is 0 Å². The topological polar surface area (TPSA) is 58.4 Å². The van der Waals surface area contributed by atoms with E-state index >= 15 is 0 Å². The van der Waals surface area contributed by atoms with Crippen molar-refractivity contribution < 1.29 is 4.79 Å². The van der Waals surface area contributed by atoms with Gasteiger partial charge in [-0.25, -0.2) is 0 Å². The zero-order valence-corrected chi connectivity index (χ0v) is 13.4. The van der Waals surface area contributed by atoms with Crippen molar-refractivity contribution >= 4 is 5.91 Å². The number of nitrogens with zero attached hydrogens (tertiary/aromatic N) is 1. The van der Waals surface area contributed by atoms with Crippen LogP contribution < -0.4 is 11.1 Å². The number of nitrogens with two attached hydrogens (primary N) is 1. The van der Waals surface area contributed by atoms with E-state index in [1.165, 1.54) is 11.1 Å². The molecule has 1 aromatic rings. The molecule has 0 saturated carbocycles. The molecule has 0 radical (unpaired) electrons. The fourth-order valence-electron chi connectivity index (χ4n) is 3.12. The highest BCUT2D eigenvalue weighted by Gasteiger charge is 2.31. The Hall–Kier alpha value is -1.39. The summed E-state index contributed by atoms with van der Waals surface area (Å²) in [6.45, 7) is 9.02. The Labute approximate surface area is 127 Å². The lowest BCUT2D eigenvalue weighted by Crippen LogP contribution is -2.55. The fraction of sp³-hybridized carbons (Fsp3) is 0.588. The van der Waals surface area contributed by atoms with Crippen LogP contribution in [0.5, 0.6) is 0 Å². The van der Waals surface area contributed by atoms with Crippen LogP contribution in [-0.4, -0.2) is 28.9 Å². The van der Waals surface area contributed by atoms with Crippen molar-refractivity contribution in [1.29, 1.82) is 0 Å². The van der Waals surface area contributed by atoms with E-state index in [1.54, 1.807) is 0 Å². The standard InChI is InChI=1S/C17H27N3O/c1-13(2)19-17(3,16(18)21)9-6-10-20-11-14-7-4-5-8-15(14)12-20/h4-5,7-8,13,19H,6,9-12H2,1-3H3,(H2,18,21). The minimum Gasteiger partial charge on any atom is -0.368 e. The summed E-state index contributed by atoms with van der Waals surface area (Å²) in [6.07, 6.45) is 1.74. The zero-order chi connectivity index (χ0) is 15.5. The van der Waals surface area contributed by atoms with Gasteiger partial charge >= 0.3 is 0 Å². The average Bonchev–Trinajstić information content (AvgIpc) is 2.80. The van der Waals surface area contributed by atoms with Crippen LogP contribution in [0.3, 0.4) is 0 Å². The summed E-state index contributed by atoms with van der Waals surface area (Å²) in [5.74, 6) is -0.263. The summed E-state index contributed by atoms with van der Waals surface area (Å²) in [4.78, 5) is 14.1. The molecule has 0 aromatic heterocycles. The summed E-state index contributed by atoms with van der Waals surface area (Å²) in [7, 11) is 0. The molecule has 0 aliphatic carbocycles. The van der Waals surface area contributed by atoms with Gasteiger partial charge in [0.15, 0.2) is 0 Å². The molecule has 1 aromatic carbocycles. The lowest BCUT2D eigenvalue weighted by atomic mass is 9.94. The number of carbonyl (C=O) groups excluding carboxylic acids is 1. The second-order valence-electron chi connectivity index (χ2n) is 6.58. The number of hydrogen-bond donors (Lipinski definition) is 2. The van der Waals surface area contributed by atoms with Crippen LogP contribution in [0.15, 0.2) is 24.3 Å². The van der Waals surface area contributed by atoms with Crippen molar-refractivity contribution in [2.45, 2.75) is 58.3 Å². The lowest BCUT2D eigenvalue weighted by Gasteiger charge is -2.30. The van der Waals surface area contributed by atoms with E-state index in [-0.39, 0.29) is 11.9 Å². The third kappa shape index (κ3) is 4.05. The molecule has 0 spiro atoms. The van der Waals surface area contributed by atoms with Gasteiger partial charge in [-0.3, -0.25) is 9.69 Å². The maximum atomic E-state index is 11.7. The maximum absolute atomic E-state index is 11.7. The fourth-order valence-corrected chi connectivity index (χ4v) is 3.12. The second-order valence-corrected chi connectivity index (χ2v) is 6.58. The van der Waals surface area contributed by atoms with Gasteiger partial charge < -0.3 is 11.1 Å². The summed E-state index contributed by atoms with van der Waals surface area (Å²) in [6, 6.07) is 8.84. The number of carbonyl (C=O) groups is 1. The van der Waals surface area contributed by atoms with Gasteiger partial charge in [-0.1, -0.05) is 24.3 Å². The second kappa shape index (κ2) is 6.58. The zero-order valence-electron chi connectivity index (χ0n) is 13.4. The van der Waals surface area contributed by atoms with E-state index in [0.717, 1.165) is 32.5 Å². The van der Waals surface area contributed by atoms with Crippen molar-refractivity contribution in [3.05, 3.63) is 35.4 Å². The minimum atomic E-state index is -0.610. The molecule has 1 unspecified atom stereocenters.